The van der Waals surface area contributed by atoms with Crippen LogP contribution in [0.15, 0.2) is 54.6 Å². The number of carboxylic acids is 1. The molecule has 0 heterocycles. The van der Waals surface area contributed by atoms with E-state index in [1.54, 1.807) is 12.1 Å². The molecule has 0 radical (unpaired) electrons. The van der Waals surface area contributed by atoms with E-state index in [9.17, 15) is 14.3 Å². The highest BCUT2D eigenvalue weighted by atomic mass is 19.1. The predicted molar refractivity (Wildman–Crippen MR) is 71.4 cm³/mol. The van der Waals surface area contributed by atoms with E-state index in [0.29, 0.717) is 18.4 Å². The van der Waals surface area contributed by atoms with Gasteiger partial charge in [-0.15, -0.1) is 0 Å². The third kappa shape index (κ3) is 3.91. The van der Waals surface area contributed by atoms with Gasteiger partial charge in [-0.2, -0.15) is 0 Å². The third-order valence-corrected chi connectivity index (χ3v) is 3.05. The highest BCUT2D eigenvalue weighted by Gasteiger charge is 2.18. The number of carbonyl (C=O) groups is 1. The highest BCUT2D eigenvalue weighted by molar-refractivity contribution is 5.70. The molecule has 2 nitrogen and oxygen atoms in total. The van der Waals surface area contributed by atoms with E-state index < -0.39 is 11.9 Å². The zero-order valence-corrected chi connectivity index (χ0v) is 10.4. The zero-order chi connectivity index (χ0) is 13.7. The molecular formula is C16H15FO2. The summed E-state index contributed by atoms with van der Waals surface area (Å²) in [6, 6.07) is 15.6. The second-order valence-electron chi connectivity index (χ2n) is 4.56. The normalized spacial score (nSPS) is 12.1. The fraction of sp³-hybridized carbons (Fsp3) is 0.188. The average molecular weight is 258 g/mol. The van der Waals surface area contributed by atoms with E-state index in [1.165, 1.54) is 12.1 Å². The molecule has 0 fully saturated rings. The zero-order valence-electron chi connectivity index (χ0n) is 10.4. The first-order valence-electron chi connectivity index (χ1n) is 6.16. The standard InChI is InChI=1S/C16H15FO2/c17-15-8-4-7-13(11-15)10-14(16(18)19)9-12-5-2-1-3-6-12/h1-8,11,14H,9-10H2,(H,18,19). The van der Waals surface area contributed by atoms with Gasteiger partial charge in [0.05, 0.1) is 5.92 Å². The van der Waals surface area contributed by atoms with Crippen molar-refractivity contribution in [2.75, 3.05) is 0 Å². The van der Waals surface area contributed by atoms with Crippen molar-refractivity contribution in [2.24, 2.45) is 5.92 Å². The van der Waals surface area contributed by atoms with E-state index >= 15 is 0 Å². The Balaban J connectivity index is 2.11. The Hall–Kier alpha value is -2.16. The van der Waals surface area contributed by atoms with E-state index in [-0.39, 0.29) is 5.82 Å². The average Bonchev–Trinajstić information content (AvgIpc) is 2.39. The van der Waals surface area contributed by atoms with Gasteiger partial charge in [0.15, 0.2) is 0 Å². The summed E-state index contributed by atoms with van der Waals surface area (Å²) < 4.78 is 13.1. The summed E-state index contributed by atoms with van der Waals surface area (Å²) >= 11 is 0. The van der Waals surface area contributed by atoms with E-state index in [1.807, 2.05) is 30.3 Å². The summed E-state index contributed by atoms with van der Waals surface area (Å²) in [4.78, 5) is 11.3. The maximum atomic E-state index is 13.1. The second kappa shape index (κ2) is 6.14. The summed E-state index contributed by atoms with van der Waals surface area (Å²) in [7, 11) is 0. The Morgan fingerprint density at radius 1 is 1.00 bits per heavy atom. The minimum absolute atomic E-state index is 0.332. The lowest BCUT2D eigenvalue weighted by molar-refractivity contribution is -0.141. The molecule has 2 aromatic rings. The number of hydrogen-bond acceptors (Lipinski definition) is 1. The maximum Gasteiger partial charge on any atom is 0.307 e. The predicted octanol–water partition coefficient (Wildman–Crippen LogP) is 3.31. The summed E-state index contributed by atoms with van der Waals surface area (Å²) in [5.41, 5.74) is 1.69. The van der Waals surface area contributed by atoms with Gasteiger partial charge in [-0.3, -0.25) is 4.79 Å². The van der Waals surface area contributed by atoms with Crippen LogP contribution in [0, 0.1) is 11.7 Å². The minimum Gasteiger partial charge on any atom is -0.481 e. The van der Waals surface area contributed by atoms with Crippen LogP contribution in [0.3, 0.4) is 0 Å². The Morgan fingerprint density at radius 2 is 1.63 bits per heavy atom. The third-order valence-electron chi connectivity index (χ3n) is 3.05. The van der Waals surface area contributed by atoms with Gasteiger partial charge in [0.2, 0.25) is 0 Å². The number of hydrogen-bond donors (Lipinski definition) is 1. The summed E-state index contributed by atoms with van der Waals surface area (Å²) in [5.74, 6) is -1.72. The van der Waals surface area contributed by atoms with Gasteiger partial charge >= 0.3 is 5.97 Å². The van der Waals surface area contributed by atoms with Crippen LogP contribution in [-0.4, -0.2) is 11.1 Å². The molecule has 1 N–H and O–H groups in total. The molecule has 1 unspecified atom stereocenters. The molecule has 2 aromatic carbocycles. The lowest BCUT2D eigenvalue weighted by Crippen LogP contribution is -2.19. The van der Waals surface area contributed by atoms with Gasteiger partial charge in [0.1, 0.15) is 5.82 Å². The first-order chi connectivity index (χ1) is 9.15. The SMILES string of the molecule is O=C(O)C(Cc1ccccc1)Cc1cccc(F)c1. The van der Waals surface area contributed by atoms with Crippen molar-refractivity contribution in [1.29, 1.82) is 0 Å². The quantitative estimate of drug-likeness (QED) is 0.893. The monoisotopic (exact) mass is 258 g/mol. The van der Waals surface area contributed by atoms with Crippen molar-refractivity contribution in [3.63, 3.8) is 0 Å². The number of carboxylic acid groups (broad SMARTS) is 1. The van der Waals surface area contributed by atoms with Gasteiger partial charge in [0.25, 0.3) is 0 Å². The minimum atomic E-state index is -0.854. The van der Waals surface area contributed by atoms with Gasteiger partial charge in [-0.05, 0) is 36.1 Å². The van der Waals surface area contributed by atoms with Crippen LogP contribution in [0.1, 0.15) is 11.1 Å². The van der Waals surface area contributed by atoms with Crippen LogP contribution in [0.2, 0.25) is 0 Å². The fourth-order valence-electron chi connectivity index (χ4n) is 2.09. The molecule has 0 saturated heterocycles. The number of halogens is 1. The van der Waals surface area contributed by atoms with E-state index in [2.05, 4.69) is 0 Å². The molecule has 0 aromatic heterocycles. The molecule has 1 atom stereocenters. The summed E-state index contributed by atoms with van der Waals surface area (Å²) in [5, 5.41) is 9.27. The topological polar surface area (TPSA) is 37.3 Å². The smallest absolute Gasteiger partial charge is 0.307 e. The molecular weight excluding hydrogens is 243 g/mol. The molecule has 0 aliphatic heterocycles. The van der Waals surface area contributed by atoms with Crippen molar-refractivity contribution < 1.29 is 14.3 Å². The van der Waals surface area contributed by atoms with Gasteiger partial charge in [-0.25, -0.2) is 4.39 Å². The lowest BCUT2D eigenvalue weighted by Gasteiger charge is -2.12. The van der Waals surface area contributed by atoms with Crippen LogP contribution in [0.5, 0.6) is 0 Å². The first-order valence-corrected chi connectivity index (χ1v) is 6.16. The molecule has 98 valence electrons. The molecule has 0 aliphatic carbocycles. The molecule has 0 spiro atoms. The van der Waals surface area contributed by atoms with Crippen molar-refractivity contribution in [3.8, 4) is 0 Å². The van der Waals surface area contributed by atoms with Crippen LogP contribution in [-0.2, 0) is 17.6 Å². The molecule has 0 saturated carbocycles. The summed E-state index contributed by atoms with van der Waals surface area (Å²) in [6.07, 6.45) is 0.786. The number of rotatable bonds is 5. The second-order valence-corrected chi connectivity index (χ2v) is 4.56. The Kier molecular flexibility index (Phi) is 4.29. The van der Waals surface area contributed by atoms with Gasteiger partial charge < -0.3 is 5.11 Å². The Labute approximate surface area is 111 Å². The fourth-order valence-corrected chi connectivity index (χ4v) is 2.09. The largest absolute Gasteiger partial charge is 0.481 e. The molecule has 0 aliphatic rings. The molecule has 0 amide bonds. The van der Waals surface area contributed by atoms with Crippen molar-refractivity contribution >= 4 is 5.97 Å². The number of aliphatic carboxylic acids is 1. The summed E-state index contributed by atoms with van der Waals surface area (Å²) in [6.45, 7) is 0. The maximum absolute atomic E-state index is 13.1. The Bertz CT molecular complexity index is 552. The Morgan fingerprint density at radius 3 is 2.26 bits per heavy atom. The van der Waals surface area contributed by atoms with Gasteiger partial charge in [0, 0.05) is 0 Å². The molecule has 0 bridgehead atoms. The van der Waals surface area contributed by atoms with Gasteiger partial charge in [-0.1, -0.05) is 42.5 Å². The molecule has 19 heavy (non-hydrogen) atoms. The van der Waals surface area contributed by atoms with E-state index in [4.69, 9.17) is 0 Å². The lowest BCUT2D eigenvalue weighted by atomic mass is 9.93. The first kappa shape index (κ1) is 13.3. The van der Waals surface area contributed by atoms with Crippen LogP contribution >= 0.6 is 0 Å². The van der Waals surface area contributed by atoms with Crippen molar-refractivity contribution in [3.05, 3.63) is 71.5 Å². The van der Waals surface area contributed by atoms with Crippen molar-refractivity contribution in [1.82, 2.24) is 0 Å². The van der Waals surface area contributed by atoms with Crippen LogP contribution in [0.25, 0.3) is 0 Å². The van der Waals surface area contributed by atoms with Crippen LogP contribution < -0.4 is 0 Å². The van der Waals surface area contributed by atoms with Crippen LogP contribution in [0.4, 0.5) is 4.39 Å². The highest BCUT2D eigenvalue weighted by Crippen LogP contribution is 2.16. The molecule has 2 rings (SSSR count). The van der Waals surface area contributed by atoms with E-state index in [0.717, 1.165) is 5.56 Å². The molecule has 3 heteroatoms. The van der Waals surface area contributed by atoms with Crippen molar-refractivity contribution in [2.45, 2.75) is 12.8 Å². The number of benzene rings is 2.